The van der Waals surface area contributed by atoms with Crippen LogP contribution in [0.1, 0.15) is 53.4 Å². The van der Waals surface area contributed by atoms with Crippen LogP contribution in [-0.2, 0) is 0 Å². The molecule has 0 fully saturated rings. The highest BCUT2D eigenvalue weighted by atomic mass is 15.2. The average Bonchev–Trinajstić information content (AvgIpc) is 2.61. The highest BCUT2D eigenvalue weighted by Crippen LogP contribution is 2.30. The SMILES string of the molecule is Cc1nn2c(C)c(C)c(C)c(C)c2c1C(C)C. The summed E-state index contributed by atoms with van der Waals surface area (Å²) < 4.78 is 2.13. The van der Waals surface area contributed by atoms with E-state index >= 15 is 0 Å². The Hall–Kier alpha value is -1.31. The van der Waals surface area contributed by atoms with Gasteiger partial charge >= 0.3 is 0 Å². The second-order valence-corrected chi connectivity index (χ2v) is 5.37. The number of nitrogens with zero attached hydrogens (tertiary/aromatic N) is 2. The lowest BCUT2D eigenvalue weighted by Gasteiger charge is -2.14. The largest absolute Gasteiger partial charge is 0.237 e. The number of pyridine rings is 1. The fourth-order valence-corrected chi connectivity index (χ4v) is 2.72. The molecule has 17 heavy (non-hydrogen) atoms. The van der Waals surface area contributed by atoms with Crippen LogP contribution in [0.4, 0.5) is 0 Å². The van der Waals surface area contributed by atoms with Gasteiger partial charge in [-0.3, -0.25) is 0 Å². The Kier molecular flexibility index (Phi) is 2.76. The van der Waals surface area contributed by atoms with Crippen LogP contribution in [0.3, 0.4) is 0 Å². The van der Waals surface area contributed by atoms with Gasteiger partial charge in [-0.1, -0.05) is 13.8 Å². The molecule has 0 bridgehead atoms. The van der Waals surface area contributed by atoms with Crippen LogP contribution in [0, 0.1) is 34.6 Å². The van der Waals surface area contributed by atoms with E-state index in [2.05, 4.69) is 53.0 Å². The van der Waals surface area contributed by atoms with E-state index in [1.54, 1.807) is 0 Å². The predicted octanol–water partition coefficient (Wildman–Crippen LogP) is 4.00. The van der Waals surface area contributed by atoms with E-state index < -0.39 is 0 Å². The van der Waals surface area contributed by atoms with E-state index in [0.717, 1.165) is 5.69 Å². The first-order valence-corrected chi connectivity index (χ1v) is 6.31. The lowest BCUT2D eigenvalue weighted by molar-refractivity contribution is 0.859. The summed E-state index contributed by atoms with van der Waals surface area (Å²) in [6.45, 7) is 15.4. The monoisotopic (exact) mass is 230 g/mol. The highest BCUT2D eigenvalue weighted by Gasteiger charge is 2.18. The van der Waals surface area contributed by atoms with Crippen molar-refractivity contribution in [1.82, 2.24) is 9.61 Å². The molecule has 0 aliphatic rings. The molecule has 2 rings (SSSR count). The zero-order valence-corrected chi connectivity index (χ0v) is 12.0. The molecule has 2 heteroatoms. The van der Waals surface area contributed by atoms with Crippen molar-refractivity contribution in [2.45, 2.75) is 54.4 Å². The van der Waals surface area contributed by atoms with Gasteiger partial charge in [-0.05, 0) is 57.2 Å². The van der Waals surface area contributed by atoms with Crippen molar-refractivity contribution in [3.05, 3.63) is 33.6 Å². The predicted molar refractivity (Wildman–Crippen MR) is 73.0 cm³/mol. The van der Waals surface area contributed by atoms with Crippen molar-refractivity contribution < 1.29 is 0 Å². The minimum atomic E-state index is 0.521. The van der Waals surface area contributed by atoms with E-state index in [-0.39, 0.29) is 0 Å². The second kappa shape index (κ2) is 3.86. The normalized spacial score (nSPS) is 11.8. The summed E-state index contributed by atoms with van der Waals surface area (Å²) in [6.07, 6.45) is 0. The van der Waals surface area contributed by atoms with Gasteiger partial charge in [-0.2, -0.15) is 5.10 Å². The third kappa shape index (κ3) is 1.58. The molecule has 2 aromatic heterocycles. The third-order valence-corrected chi connectivity index (χ3v) is 4.02. The number of hydrogen-bond acceptors (Lipinski definition) is 1. The minimum Gasteiger partial charge on any atom is -0.237 e. The molecule has 0 atom stereocenters. The maximum Gasteiger partial charge on any atom is 0.0734 e. The Balaban J connectivity index is 3.02. The van der Waals surface area contributed by atoms with Crippen molar-refractivity contribution in [3.63, 3.8) is 0 Å². The first kappa shape index (κ1) is 12.2. The molecule has 0 spiro atoms. The van der Waals surface area contributed by atoms with Crippen molar-refractivity contribution in [1.29, 1.82) is 0 Å². The molecule has 0 aliphatic carbocycles. The van der Waals surface area contributed by atoms with Crippen LogP contribution in [0.2, 0.25) is 0 Å². The summed E-state index contributed by atoms with van der Waals surface area (Å²) in [6, 6.07) is 0. The highest BCUT2D eigenvalue weighted by molar-refractivity contribution is 5.67. The molecule has 92 valence electrons. The first-order valence-electron chi connectivity index (χ1n) is 6.31. The maximum atomic E-state index is 4.71. The van der Waals surface area contributed by atoms with Crippen molar-refractivity contribution in [2.24, 2.45) is 0 Å². The molecule has 2 aromatic rings. The van der Waals surface area contributed by atoms with Gasteiger partial charge in [0, 0.05) is 11.3 Å². The van der Waals surface area contributed by atoms with Crippen LogP contribution < -0.4 is 0 Å². The van der Waals surface area contributed by atoms with E-state index in [0.29, 0.717) is 5.92 Å². The Labute approximate surface area is 104 Å². The Morgan fingerprint density at radius 1 is 0.882 bits per heavy atom. The van der Waals surface area contributed by atoms with Crippen molar-refractivity contribution in [2.75, 3.05) is 0 Å². The molecule has 0 saturated heterocycles. The molecule has 0 aromatic carbocycles. The van der Waals surface area contributed by atoms with Gasteiger partial charge in [0.05, 0.1) is 11.2 Å². The first-order chi connectivity index (χ1) is 7.86. The van der Waals surface area contributed by atoms with Gasteiger partial charge in [0.1, 0.15) is 0 Å². The van der Waals surface area contributed by atoms with Gasteiger partial charge in [-0.25, -0.2) is 4.52 Å². The summed E-state index contributed by atoms with van der Waals surface area (Å²) >= 11 is 0. The number of aromatic nitrogens is 2. The third-order valence-electron chi connectivity index (χ3n) is 4.02. The van der Waals surface area contributed by atoms with Crippen LogP contribution in [0.25, 0.3) is 5.52 Å². The number of aryl methyl sites for hydroxylation is 3. The number of fused-ring (bicyclic) bond motifs is 1. The topological polar surface area (TPSA) is 17.3 Å². The summed E-state index contributed by atoms with van der Waals surface area (Å²) in [5.74, 6) is 0.521. The Bertz CT molecular complexity index is 589. The van der Waals surface area contributed by atoms with Crippen LogP contribution in [0.5, 0.6) is 0 Å². The molecule has 0 aliphatic heterocycles. The van der Waals surface area contributed by atoms with E-state index in [4.69, 9.17) is 5.10 Å². The van der Waals surface area contributed by atoms with Gasteiger partial charge in [0.2, 0.25) is 0 Å². The molecule has 0 amide bonds. The Morgan fingerprint density at radius 2 is 1.47 bits per heavy atom. The molecule has 2 nitrogen and oxygen atoms in total. The van der Waals surface area contributed by atoms with Gasteiger partial charge in [0.25, 0.3) is 0 Å². The zero-order chi connectivity index (χ0) is 12.9. The molecule has 0 radical (unpaired) electrons. The zero-order valence-electron chi connectivity index (χ0n) is 12.0. The number of hydrogen-bond donors (Lipinski definition) is 0. The van der Waals surface area contributed by atoms with E-state index in [1.807, 2.05) is 0 Å². The van der Waals surface area contributed by atoms with Gasteiger partial charge in [-0.15, -0.1) is 0 Å². The lowest BCUT2D eigenvalue weighted by Crippen LogP contribution is -2.03. The fraction of sp³-hybridized carbons (Fsp3) is 0.533. The van der Waals surface area contributed by atoms with Crippen molar-refractivity contribution >= 4 is 5.52 Å². The van der Waals surface area contributed by atoms with Crippen molar-refractivity contribution in [3.8, 4) is 0 Å². The fourth-order valence-electron chi connectivity index (χ4n) is 2.72. The van der Waals surface area contributed by atoms with E-state index in [9.17, 15) is 0 Å². The van der Waals surface area contributed by atoms with Gasteiger partial charge in [0.15, 0.2) is 0 Å². The quantitative estimate of drug-likeness (QED) is 0.723. The molecular formula is C15H22N2. The Morgan fingerprint density at radius 3 is 2.00 bits per heavy atom. The summed E-state index contributed by atoms with van der Waals surface area (Å²) in [5.41, 5.74) is 9.27. The maximum absolute atomic E-state index is 4.71. The van der Waals surface area contributed by atoms with Gasteiger partial charge < -0.3 is 0 Å². The number of rotatable bonds is 1. The average molecular weight is 230 g/mol. The molecule has 0 N–H and O–H groups in total. The second-order valence-electron chi connectivity index (χ2n) is 5.37. The standard InChI is InChI=1S/C15H22N2/c1-8(2)14-12(6)16-17-13(7)10(4)9(3)11(5)15(14)17/h8H,1-7H3. The van der Waals surface area contributed by atoms with Crippen LogP contribution >= 0.6 is 0 Å². The molecule has 0 unspecified atom stereocenters. The van der Waals surface area contributed by atoms with E-state index in [1.165, 1.54) is 33.5 Å². The smallest absolute Gasteiger partial charge is 0.0734 e. The minimum absolute atomic E-state index is 0.521. The summed E-state index contributed by atoms with van der Waals surface area (Å²) in [7, 11) is 0. The molecular weight excluding hydrogens is 208 g/mol. The molecule has 0 saturated carbocycles. The van der Waals surface area contributed by atoms with Crippen LogP contribution in [-0.4, -0.2) is 9.61 Å². The summed E-state index contributed by atoms with van der Waals surface area (Å²) in [5, 5.41) is 4.71. The lowest BCUT2D eigenvalue weighted by atomic mass is 9.96. The summed E-state index contributed by atoms with van der Waals surface area (Å²) in [4.78, 5) is 0. The van der Waals surface area contributed by atoms with Crippen LogP contribution in [0.15, 0.2) is 0 Å². The molecule has 2 heterocycles.